The van der Waals surface area contributed by atoms with Crippen LogP contribution in [0.1, 0.15) is 25.0 Å². The standard InChI is InChI=1S/C14H20N2O3/c1-10(2)15-6-4-11-8-13(16(17)18)14(19-3)9-12(11)5-7-15/h8-10H,4-7H2,1-3H3. The minimum atomic E-state index is -0.371. The van der Waals surface area contributed by atoms with E-state index in [1.165, 1.54) is 12.7 Å². The Labute approximate surface area is 113 Å². The van der Waals surface area contributed by atoms with E-state index in [4.69, 9.17) is 4.74 Å². The van der Waals surface area contributed by atoms with Crippen LogP contribution in [-0.4, -0.2) is 36.1 Å². The van der Waals surface area contributed by atoms with Gasteiger partial charge in [-0.05, 0) is 43.9 Å². The number of ether oxygens (including phenoxy) is 1. The molecule has 0 spiro atoms. The van der Waals surface area contributed by atoms with E-state index >= 15 is 0 Å². The molecule has 1 heterocycles. The van der Waals surface area contributed by atoms with Crippen LogP contribution in [0.5, 0.6) is 5.75 Å². The molecule has 0 N–H and O–H groups in total. The molecule has 0 amide bonds. The summed E-state index contributed by atoms with van der Waals surface area (Å²) in [5.74, 6) is 0.363. The highest BCUT2D eigenvalue weighted by Crippen LogP contribution is 2.32. The zero-order valence-electron chi connectivity index (χ0n) is 11.7. The Bertz CT molecular complexity index is 486. The number of benzene rings is 1. The second kappa shape index (κ2) is 5.57. The number of rotatable bonds is 3. The Balaban J connectivity index is 2.34. The lowest BCUT2D eigenvalue weighted by atomic mass is 10.0. The maximum atomic E-state index is 11.0. The van der Waals surface area contributed by atoms with Crippen molar-refractivity contribution in [2.24, 2.45) is 0 Å². The largest absolute Gasteiger partial charge is 0.490 e. The number of hydrogen-bond acceptors (Lipinski definition) is 4. The molecule has 0 saturated carbocycles. The Morgan fingerprint density at radius 2 is 1.84 bits per heavy atom. The van der Waals surface area contributed by atoms with E-state index in [9.17, 15) is 10.1 Å². The Hall–Kier alpha value is -1.62. The number of fused-ring (bicyclic) bond motifs is 1. The van der Waals surface area contributed by atoms with Gasteiger partial charge in [-0.3, -0.25) is 10.1 Å². The van der Waals surface area contributed by atoms with Crippen LogP contribution in [0.25, 0.3) is 0 Å². The van der Waals surface area contributed by atoms with Gasteiger partial charge in [0.05, 0.1) is 12.0 Å². The van der Waals surface area contributed by atoms with Gasteiger partial charge in [-0.1, -0.05) is 0 Å². The van der Waals surface area contributed by atoms with E-state index in [2.05, 4.69) is 18.7 Å². The van der Waals surface area contributed by atoms with Crippen molar-refractivity contribution >= 4 is 5.69 Å². The van der Waals surface area contributed by atoms with Crippen molar-refractivity contribution in [3.63, 3.8) is 0 Å². The second-order valence-corrected chi connectivity index (χ2v) is 5.18. The minimum Gasteiger partial charge on any atom is -0.490 e. The minimum absolute atomic E-state index is 0.0687. The summed E-state index contributed by atoms with van der Waals surface area (Å²) in [4.78, 5) is 13.1. The zero-order valence-corrected chi connectivity index (χ0v) is 11.7. The second-order valence-electron chi connectivity index (χ2n) is 5.18. The SMILES string of the molecule is COc1cc2c(cc1[N+](=O)[O-])CCN(C(C)C)CC2. The van der Waals surface area contributed by atoms with E-state index in [0.717, 1.165) is 31.5 Å². The molecule has 0 fully saturated rings. The highest BCUT2D eigenvalue weighted by atomic mass is 16.6. The summed E-state index contributed by atoms with van der Waals surface area (Å²) in [6.45, 7) is 6.30. The molecule has 0 atom stereocenters. The van der Waals surface area contributed by atoms with Gasteiger partial charge in [0.15, 0.2) is 5.75 Å². The number of nitrogens with zero attached hydrogens (tertiary/aromatic N) is 2. The number of nitro groups is 1. The number of hydrogen-bond donors (Lipinski definition) is 0. The molecule has 1 aliphatic rings. The van der Waals surface area contributed by atoms with Crippen molar-refractivity contribution in [3.05, 3.63) is 33.4 Å². The van der Waals surface area contributed by atoms with Gasteiger partial charge >= 0.3 is 5.69 Å². The smallest absolute Gasteiger partial charge is 0.311 e. The van der Waals surface area contributed by atoms with Gasteiger partial charge in [0.2, 0.25) is 0 Å². The molecule has 0 saturated heterocycles. The number of methoxy groups -OCH3 is 1. The van der Waals surface area contributed by atoms with Crippen molar-refractivity contribution < 1.29 is 9.66 Å². The first-order valence-corrected chi connectivity index (χ1v) is 6.61. The van der Waals surface area contributed by atoms with Crippen molar-refractivity contribution in [2.75, 3.05) is 20.2 Å². The summed E-state index contributed by atoms with van der Waals surface area (Å²) in [6, 6.07) is 4.01. The van der Waals surface area contributed by atoms with Crippen molar-refractivity contribution in [3.8, 4) is 5.75 Å². The lowest BCUT2D eigenvalue weighted by molar-refractivity contribution is -0.385. The average Bonchev–Trinajstić information content (AvgIpc) is 2.58. The van der Waals surface area contributed by atoms with Crippen LogP contribution in [0.4, 0.5) is 5.69 Å². The quantitative estimate of drug-likeness (QED) is 0.621. The Kier molecular flexibility index (Phi) is 4.04. The van der Waals surface area contributed by atoms with E-state index < -0.39 is 0 Å². The molecule has 1 aromatic carbocycles. The lowest BCUT2D eigenvalue weighted by Gasteiger charge is -2.23. The van der Waals surface area contributed by atoms with Crippen LogP contribution in [0.15, 0.2) is 12.1 Å². The monoisotopic (exact) mass is 264 g/mol. The normalized spacial score (nSPS) is 16.0. The van der Waals surface area contributed by atoms with Crippen LogP contribution in [0.2, 0.25) is 0 Å². The van der Waals surface area contributed by atoms with Crippen LogP contribution in [0.3, 0.4) is 0 Å². The molecule has 1 aliphatic heterocycles. The topological polar surface area (TPSA) is 55.6 Å². The lowest BCUT2D eigenvalue weighted by Crippen LogP contribution is -2.32. The first-order valence-electron chi connectivity index (χ1n) is 6.61. The van der Waals surface area contributed by atoms with Gasteiger partial charge < -0.3 is 9.64 Å². The summed E-state index contributed by atoms with van der Waals surface area (Å²) in [5, 5.41) is 11.0. The molecule has 19 heavy (non-hydrogen) atoms. The third-order valence-corrected chi connectivity index (χ3v) is 3.76. The summed E-state index contributed by atoms with van der Waals surface area (Å²) in [6.07, 6.45) is 1.78. The maximum absolute atomic E-state index is 11.0. The molecule has 104 valence electrons. The van der Waals surface area contributed by atoms with E-state index in [0.29, 0.717) is 11.8 Å². The molecule has 5 nitrogen and oxygen atoms in total. The first-order chi connectivity index (χ1) is 9.02. The first kappa shape index (κ1) is 13.8. The van der Waals surface area contributed by atoms with Crippen LogP contribution < -0.4 is 4.74 Å². The zero-order chi connectivity index (χ0) is 14.0. The third kappa shape index (κ3) is 2.87. The molecule has 1 aromatic rings. The van der Waals surface area contributed by atoms with E-state index in [1.807, 2.05) is 6.07 Å². The molecule has 0 unspecified atom stereocenters. The molecule has 0 aliphatic carbocycles. The van der Waals surface area contributed by atoms with E-state index in [-0.39, 0.29) is 10.6 Å². The summed E-state index contributed by atoms with van der Waals surface area (Å²) >= 11 is 0. The molecule has 0 radical (unpaired) electrons. The van der Waals surface area contributed by atoms with Crippen molar-refractivity contribution in [2.45, 2.75) is 32.7 Å². The molecule has 5 heteroatoms. The predicted molar refractivity (Wildman–Crippen MR) is 73.8 cm³/mol. The van der Waals surface area contributed by atoms with Crippen LogP contribution in [0, 0.1) is 10.1 Å². The molecular formula is C14H20N2O3. The van der Waals surface area contributed by atoms with Gasteiger partial charge in [-0.15, -0.1) is 0 Å². The van der Waals surface area contributed by atoms with Gasteiger partial charge in [0, 0.05) is 25.2 Å². The van der Waals surface area contributed by atoms with Crippen LogP contribution in [-0.2, 0) is 12.8 Å². The van der Waals surface area contributed by atoms with Crippen molar-refractivity contribution in [1.82, 2.24) is 4.90 Å². The number of nitro benzene ring substituents is 1. The fraction of sp³-hybridized carbons (Fsp3) is 0.571. The molecule has 0 aromatic heterocycles. The summed E-state index contributed by atoms with van der Waals surface area (Å²) < 4.78 is 5.13. The van der Waals surface area contributed by atoms with Gasteiger partial charge in [-0.25, -0.2) is 0 Å². The fourth-order valence-electron chi connectivity index (χ4n) is 2.58. The molecular weight excluding hydrogens is 244 g/mol. The molecule has 0 bridgehead atoms. The third-order valence-electron chi connectivity index (χ3n) is 3.76. The summed E-state index contributed by atoms with van der Waals surface area (Å²) in [5.41, 5.74) is 2.32. The Morgan fingerprint density at radius 3 is 2.32 bits per heavy atom. The highest BCUT2D eigenvalue weighted by molar-refractivity contribution is 5.52. The van der Waals surface area contributed by atoms with Crippen LogP contribution >= 0.6 is 0 Å². The maximum Gasteiger partial charge on any atom is 0.311 e. The van der Waals surface area contributed by atoms with Crippen molar-refractivity contribution in [1.29, 1.82) is 0 Å². The van der Waals surface area contributed by atoms with Gasteiger partial charge in [0.1, 0.15) is 0 Å². The predicted octanol–water partition coefficient (Wildman–Crippen LogP) is 2.41. The van der Waals surface area contributed by atoms with E-state index in [1.54, 1.807) is 6.07 Å². The molecule has 2 rings (SSSR count). The van der Waals surface area contributed by atoms with Gasteiger partial charge in [0.25, 0.3) is 0 Å². The summed E-state index contributed by atoms with van der Waals surface area (Å²) in [7, 11) is 1.48. The average molecular weight is 264 g/mol. The fourth-order valence-corrected chi connectivity index (χ4v) is 2.58. The van der Waals surface area contributed by atoms with Gasteiger partial charge in [-0.2, -0.15) is 0 Å². The highest BCUT2D eigenvalue weighted by Gasteiger charge is 2.22. The Morgan fingerprint density at radius 1 is 1.26 bits per heavy atom.